The van der Waals surface area contributed by atoms with Crippen molar-refractivity contribution in [3.63, 3.8) is 0 Å². The third-order valence-electron chi connectivity index (χ3n) is 8.43. The van der Waals surface area contributed by atoms with Gasteiger partial charge in [0.1, 0.15) is 17.3 Å². The number of benzene rings is 2. The number of ether oxygens (including phenoxy) is 1. The molecule has 50 heavy (non-hydrogen) atoms. The SMILES string of the molecule is CCN1c2cc3c(cc2C(CSOOO)=CC1(C)C)C(c1c(Cl)c(Cl)c(Cl)c(Cl)c1C(=O)O)=C1C=C(/C(=C\C(C)C)CS(=O)(=O)O)CC=C1O3. The van der Waals surface area contributed by atoms with Crippen LogP contribution in [0.4, 0.5) is 5.69 Å². The zero-order valence-corrected chi connectivity index (χ0v) is 32.1. The first-order valence-electron chi connectivity index (χ1n) is 15.3. The highest BCUT2D eigenvalue weighted by Crippen LogP contribution is 2.54. The van der Waals surface area contributed by atoms with Gasteiger partial charge in [0, 0.05) is 63.9 Å². The number of likely N-dealkylation sites (N-methyl/N-ethyl adjacent to an activating group) is 1. The number of anilines is 1. The van der Waals surface area contributed by atoms with Crippen LogP contribution in [-0.2, 0) is 19.5 Å². The van der Waals surface area contributed by atoms with Crippen molar-refractivity contribution < 1.29 is 42.2 Å². The quantitative estimate of drug-likeness (QED) is 0.0380. The predicted octanol–water partition coefficient (Wildman–Crippen LogP) is 9.95. The molecule has 0 saturated carbocycles. The van der Waals surface area contributed by atoms with E-state index in [9.17, 15) is 22.9 Å². The Hall–Kier alpha value is -2.49. The molecule has 0 bridgehead atoms. The monoisotopic (exact) mass is 803 g/mol. The molecule has 1 aliphatic carbocycles. The van der Waals surface area contributed by atoms with Crippen LogP contribution in [0.1, 0.15) is 68.1 Å². The van der Waals surface area contributed by atoms with Gasteiger partial charge in [0.2, 0.25) is 0 Å². The number of carbonyl (C=O) groups is 1. The molecule has 2 aliphatic heterocycles. The molecule has 2 heterocycles. The molecule has 3 aliphatic rings. The fourth-order valence-corrected chi connectivity index (χ4v) is 8.77. The Morgan fingerprint density at radius 1 is 1.12 bits per heavy atom. The lowest BCUT2D eigenvalue weighted by molar-refractivity contribution is -0.432. The smallest absolute Gasteiger partial charge is 0.337 e. The van der Waals surface area contributed by atoms with Gasteiger partial charge in [0.25, 0.3) is 10.1 Å². The van der Waals surface area contributed by atoms with Crippen LogP contribution in [0.15, 0.2) is 58.9 Å². The lowest BCUT2D eigenvalue weighted by atomic mass is 9.80. The third-order valence-corrected chi connectivity index (χ3v) is 11.5. The molecule has 2 aromatic carbocycles. The molecule has 16 heteroatoms. The summed E-state index contributed by atoms with van der Waals surface area (Å²) in [6, 6.07) is 3.71. The molecule has 3 N–H and O–H groups in total. The Morgan fingerprint density at radius 3 is 2.40 bits per heavy atom. The number of nitrogens with zero attached hydrogens (tertiary/aromatic N) is 1. The van der Waals surface area contributed by atoms with Gasteiger partial charge in [-0.1, -0.05) is 77.4 Å². The molecule has 0 saturated heterocycles. The summed E-state index contributed by atoms with van der Waals surface area (Å²) in [5, 5.41) is 22.2. The normalized spacial score (nSPS) is 17.1. The van der Waals surface area contributed by atoms with E-state index >= 15 is 0 Å². The minimum Gasteiger partial charge on any atom is -0.478 e. The molecule has 2 aromatic rings. The first kappa shape index (κ1) is 38.7. The average molecular weight is 806 g/mol. The van der Waals surface area contributed by atoms with E-state index in [1.165, 1.54) is 0 Å². The summed E-state index contributed by atoms with van der Waals surface area (Å²) in [6.07, 6.45) is 7.50. The minimum atomic E-state index is -4.42. The third kappa shape index (κ3) is 7.52. The van der Waals surface area contributed by atoms with E-state index in [0.29, 0.717) is 45.9 Å². The second-order valence-corrected chi connectivity index (χ2v) is 16.3. The highest BCUT2D eigenvalue weighted by molar-refractivity contribution is 7.95. The Morgan fingerprint density at radius 2 is 1.80 bits per heavy atom. The van der Waals surface area contributed by atoms with Crippen LogP contribution >= 0.6 is 58.4 Å². The first-order valence-corrected chi connectivity index (χ1v) is 19.3. The molecular formula is C34H33Cl4NO9S2. The fourth-order valence-electron chi connectivity index (χ4n) is 6.61. The lowest BCUT2D eigenvalue weighted by Gasteiger charge is -2.44. The number of fused-ring (bicyclic) bond motifs is 3. The van der Waals surface area contributed by atoms with E-state index in [0.717, 1.165) is 28.9 Å². The zero-order chi connectivity index (χ0) is 36.9. The maximum atomic E-state index is 12.9. The number of halogens is 4. The van der Waals surface area contributed by atoms with Crippen molar-refractivity contribution in [1.82, 2.24) is 0 Å². The summed E-state index contributed by atoms with van der Waals surface area (Å²) >= 11 is 27.3. The van der Waals surface area contributed by atoms with Gasteiger partial charge in [0.15, 0.2) is 0 Å². The van der Waals surface area contributed by atoms with Crippen LogP contribution in [0, 0.1) is 5.92 Å². The Bertz CT molecular complexity index is 2050. The topological polar surface area (TPSA) is 143 Å². The Labute approximate surface area is 314 Å². The fraction of sp³-hybridized carbons (Fsp3) is 0.324. The summed E-state index contributed by atoms with van der Waals surface area (Å²) < 4.78 is 45.3. The number of carboxylic acid groups (broad SMARTS) is 1. The Balaban J connectivity index is 1.92. The zero-order valence-electron chi connectivity index (χ0n) is 27.4. The molecule has 0 atom stereocenters. The summed E-state index contributed by atoms with van der Waals surface area (Å²) in [4.78, 5) is 15.1. The van der Waals surface area contributed by atoms with Crippen LogP contribution in [0.2, 0.25) is 20.1 Å². The molecule has 0 fully saturated rings. The number of aromatic carboxylic acids is 1. The van der Waals surface area contributed by atoms with Crippen LogP contribution in [0.25, 0.3) is 11.1 Å². The average Bonchev–Trinajstić information content (AvgIpc) is 3.02. The highest BCUT2D eigenvalue weighted by Gasteiger charge is 2.38. The van der Waals surface area contributed by atoms with Gasteiger partial charge in [-0.3, -0.25) is 4.55 Å². The number of allylic oxidation sites excluding steroid dienone is 4. The van der Waals surface area contributed by atoms with E-state index in [2.05, 4.69) is 29.9 Å². The van der Waals surface area contributed by atoms with E-state index in [1.54, 1.807) is 18.2 Å². The van der Waals surface area contributed by atoms with Crippen molar-refractivity contribution in [3.8, 4) is 5.75 Å². The van der Waals surface area contributed by atoms with Crippen LogP contribution in [-0.4, -0.2) is 52.9 Å². The molecule has 0 radical (unpaired) electrons. The van der Waals surface area contributed by atoms with Crippen molar-refractivity contribution in [3.05, 3.63) is 101 Å². The lowest BCUT2D eigenvalue weighted by Crippen LogP contribution is -2.45. The van der Waals surface area contributed by atoms with E-state index in [-0.39, 0.29) is 43.7 Å². The maximum Gasteiger partial charge on any atom is 0.337 e. The molecule has 0 unspecified atom stereocenters. The molecule has 5 rings (SSSR count). The predicted molar refractivity (Wildman–Crippen MR) is 199 cm³/mol. The second-order valence-electron chi connectivity index (χ2n) is 12.6. The van der Waals surface area contributed by atoms with E-state index in [1.807, 2.05) is 32.9 Å². The molecule has 0 amide bonds. The van der Waals surface area contributed by atoms with Crippen molar-refractivity contribution in [2.24, 2.45) is 5.92 Å². The minimum absolute atomic E-state index is 0.0222. The van der Waals surface area contributed by atoms with Gasteiger partial charge in [-0.15, -0.1) is 4.33 Å². The number of rotatable bonds is 11. The van der Waals surface area contributed by atoms with Gasteiger partial charge in [-0.05, 0) is 68.0 Å². The van der Waals surface area contributed by atoms with Gasteiger partial charge in [0.05, 0.1) is 31.2 Å². The molecule has 10 nitrogen and oxygen atoms in total. The Kier molecular flexibility index (Phi) is 11.5. The van der Waals surface area contributed by atoms with Crippen LogP contribution in [0.3, 0.4) is 0 Å². The highest BCUT2D eigenvalue weighted by atomic mass is 35.5. The molecular weight excluding hydrogens is 772 g/mol. The van der Waals surface area contributed by atoms with Crippen molar-refractivity contribution >= 4 is 91.4 Å². The summed E-state index contributed by atoms with van der Waals surface area (Å²) in [7, 11) is -4.42. The second kappa shape index (κ2) is 14.9. The maximum absolute atomic E-state index is 12.9. The van der Waals surface area contributed by atoms with Gasteiger partial charge < -0.3 is 14.7 Å². The number of carboxylic acids is 1. The number of hydrogen-bond donors (Lipinski definition) is 3. The standard InChI is InChI=1S/C34H33Cl4NO9S2/c1-6-39-23-12-25-22(11-20(23)19(13-34(39,4)5)14-49-48-47-42)26(27-28(33(40)41)30(36)32(38)31(37)29(27)35)21-10-17(7-8-24(21)46-25)18(9-16(2)3)15-50(43,44)45/h8-13,16,42H,6-7,14-15H2,1-5H3,(H,40,41)(H,43,44,45)/b18-9-. The van der Waals surface area contributed by atoms with Gasteiger partial charge in [-0.2, -0.15) is 8.42 Å². The van der Waals surface area contributed by atoms with Crippen molar-refractivity contribution in [1.29, 1.82) is 0 Å². The molecule has 0 spiro atoms. The van der Waals surface area contributed by atoms with Gasteiger partial charge >= 0.3 is 5.97 Å². The number of hydrogen-bond acceptors (Lipinski definition) is 9. The summed E-state index contributed by atoms with van der Waals surface area (Å²) in [5.74, 6) is -1.12. The summed E-state index contributed by atoms with van der Waals surface area (Å²) in [6.45, 7) is 10.5. The molecule has 268 valence electrons. The largest absolute Gasteiger partial charge is 0.478 e. The van der Waals surface area contributed by atoms with Crippen LogP contribution in [0.5, 0.6) is 5.75 Å². The van der Waals surface area contributed by atoms with E-state index in [4.69, 9.17) is 60.7 Å². The van der Waals surface area contributed by atoms with E-state index < -0.39 is 32.9 Å². The van der Waals surface area contributed by atoms with Crippen molar-refractivity contribution in [2.45, 2.75) is 46.6 Å². The van der Waals surface area contributed by atoms with Gasteiger partial charge in [-0.25, -0.2) is 10.1 Å². The van der Waals surface area contributed by atoms with Crippen LogP contribution < -0.4 is 9.64 Å². The summed E-state index contributed by atoms with van der Waals surface area (Å²) in [5.41, 5.74) is 3.54. The molecule has 0 aromatic heterocycles. The van der Waals surface area contributed by atoms with Crippen molar-refractivity contribution in [2.75, 3.05) is 23.0 Å². The first-order chi connectivity index (χ1) is 23.4.